The number of rotatable bonds is 5. The van der Waals surface area contributed by atoms with Gasteiger partial charge in [-0.15, -0.1) is 32.9 Å². The largest absolute Gasteiger partial charge is 0.419 e. The lowest BCUT2D eigenvalue weighted by atomic mass is 10.3. The summed E-state index contributed by atoms with van der Waals surface area (Å²) in [5, 5.41) is 12.5. The van der Waals surface area contributed by atoms with Crippen LogP contribution in [0.2, 0.25) is 0 Å². The Kier molecular flexibility index (Phi) is 4.52. The van der Waals surface area contributed by atoms with Crippen LogP contribution in [-0.2, 0) is 13.1 Å². The fourth-order valence-corrected chi connectivity index (χ4v) is 4.13. The van der Waals surface area contributed by atoms with E-state index in [0.717, 1.165) is 44.1 Å². The number of hydrogen-bond acceptors (Lipinski definition) is 7. The van der Waals surface area contributed by atoms with Crippen LogP contribution in [0.5, 0.6) is 0 Å². The zero-order chi connectivity index (χ0) is 15.5. The maximum Gasteiger partial charge on any atom is 0.257 e. The van der Waals surface area contributed by atoms with Gasteiger partial charge in [0, 0.05) is 37.6 Å². The highest BCUT2D eigenvalue weighted by Gasteiger charge is 2.19. The number of hydrogen-bond donors (Lipinski definition) is 0. The third-order valence-corrected chi connectivity index (χ3v) is 5.70. The standard InChI is InChI=1S/C16H18N4OS2/c1-3-13(22-9-1)11-19-5-7-20(8-6-19)12-15-17-18-16(21-15)14-4-2-10-23-14/h1-4,9-10H,5-8,11-12H2. The summed E-state index contributed by atoms with van der Waals surface area (Å²) in [5.41, 5.74) is 0. The van der Waals surface area contributed by atoms with Gasteiger partial charge in [-0.3, -0.25) is 9.80 Å². The first-order valence-corrected chi connectivity index (χ1v) is 9.46. The second kappa shape index (κ2) is 6.92. The molecule has 23 heavy (non-hydrogen) atoms. The molecule has 1 fully saturated rings. The summed E-state index contributed by atoms with van der Waals surface area (Å²) >= 11 is 3.46. The van der Waals surface area contributed by atoms with Crippen LogP contribution >= 0.6 is 22.7 Å². The highest BCUT2D eigenvalue weighted by molar-refractivity contribution is 7.13. The zero-order valence-corrected chi connectivity index (χ0v) is 14.4. The summed E-state index contributed by atoms with van der Waals surface area (Å²) in [6, 6.07) is 8.33. The monoisotopic (exact) mass is 346 g/mol. The molecule has 120 valence electrons. The number of aromatic nitrogens is 2. The van der Waals surface area contributed by atoms with Crippen LogP contribution in [-0.4, -0.2) is 46.2 Å². The third-order valence-electron chi connectivity index (χ3n) is 3.98. The van der Waals surface area contributed by atoms with Gasteiger partial charge in [0.05, 0.1) is 11.4 Å². The van der Waals surface area contributed by atoms with E-state index in [1.165, 1.54) is 4.88 Å². The van der Waals surface area contributed by atoms with Gasteiger partial charge >= 0.3 is 0 Å². The van der Waals surface area contributed by atoms with E-state index in [0.29, 0.717) is 11.8 Å². The minimum Gasteiger partial charge on any atom is -0.419 e. The molecule has 0 saturated carbocycles. The highest BCUT2D eigenvalue weighted by atomic mass is 32.1. The molecule has 4 heterocycles. The first-order valence-electron chi connectivity index (χ1n) is 7.70. The molecule has 3 aromatic heterocycles. The molecule has 5 nitrogen and oxygen atoms in total. The Labute approximate surface area is 143 Å². The Bertz CT molecular complexity index is 715. The van der Waals surface area contributed by atoms with E-state index in [4.69, 9.17) is 4.42 Å². The van der Waals surface area contributed by atoms with Crippen LogP contribution < -0.4 is 0 Å². The topological polar surface area (TPSA) is 45.4 Å². The van der Waals surface area contributed by atoms with Gasteiger partial charge < -0.3 is 4.42 Å². The molecule has 0 amide bonds. The van der Waals surface area contributed by atoms with E-state index in [1.54, 1.807) is 11.3 Å². The van der Waals surface area contributed by atoms with Crippen molar-refractivity contribution in [3.63, 3.8) is 0 Å². The van der Waals surface area contributed by atoms with E-state index in [-0.39, 0.29) is 0 Å². The first kappa shape index (κ1) is 15.0. The van der Waals surface area contributed by atoms with Crippen LogP contribution in [0.25, 0.3) is 10.8 Å². The van der Waals surface area contributed by atoms with Crippen LogP contribution in [0.3, 0.4) is 0 Å². The molecule has 0 N–H and O–H groups in total. The molecule has 0 bridgehead atoms. The summed E-state index contributed by atoms with van der Waals surface area (Å²) in [6.07, 6.45) is 0. The predicted molar refractivity (Wildman–Crippen MR) is 92.5 cm³/mol. The molecular formula is C16H18N4OS2. The maximum absolute atomic E-state index is 5.78. The molecule has 1 saturated heterocycles. The number of nitrogens with zero attached hydrogens (tertiary/aromatic N) is 4. The normalized spacial score (nSPS) is 16.9. The molecule has 7 heteroatoms. The molecule has 0 spiro atoms. The molecule has 0 unspecified atom stereocenters. The van der Waals surface area contributed by atoms with Gasteiger partial charge in [-0.05, 0) is 22.9 Å². The Morgan fingerprint density at radius 1 is 0.913 bits per heavy atom. The van der Waals surface area contributed by atoms with E-state index < -0.39 is 0 Å². The smallest absolute Gasteiger partial charge is 0.257 e. The molecule has 1 aliphatic rings. The van der Waals surface area contributed by atoms with Gasteiger partial charge in [0.15, 0.2) is 0 Å². The lowest BCUT2D eigenvalue weighted by molar-refractivity contribution is 0.115. The lowest BCUT2D eigenvalue weighted by Crippen LogP contribution is -2.45. The van der Waals surface area contributed by atoms with Gasteiger partial charge in [-0.2, -0.15) is 0 Å². The van der Waals surface area contributed by atoms with Crippen molar-refractivity contribution < 1.29 is 4.42 Å². The maximum atomic E-state index is 5.78. The van der Waals surface area contributed by atoms with Crippen molar-refractivity contribution >= 4 is 22.7 Å². The molecule has 4 rings (SSSR count). The molecule has 3 aromatic rings. The van der Waals surface area contributed by atoms with Crippen molar-refractivity contribution in [1.82, 2.24) is 20.0 Å². The van der Waals surface area contributed by atoms with Crippen LogP contribution in [0.4, 0.5) is 0 Å². The minimum absolute atomic E-state index is 0.631. The Balaban J connectivity index is 1.29. The molecule has 0 aliphatic carbocycles. The third kappa shape index (κ3) is 3.69. The molecule has 0 radical (unpaired) electrons. The Morgan fingerprint density at radius 3 is 2.35 bits per heavy atom. The van der Waals surface area contributed by atoms with Crippen LogP contribution in [0.15, 0.2) is 39.4 Å². The zero-order valence-electron chi connectivity index (χ0n) is 12.7. The van der Waals surface area contributed by atoms with Crippen molar-refractivity contribution in [3.05, 3.63) is 45.8 Å². The predicted octanol–water partition coefficient (Wildman–Crippen LogP) is 3.18. The summed E-state index contributed by atoms with van der Waals surface area (Å²) < 4.78 is 5.78. The SMILES string of the molecule is c1csc(CN2CCN(Cc3nnc(-c4cccs4)o3)CC2)c1. The fraction of sp³-hybridized carbons (Fsp3) is 0.375. The molecule has 1 aliphatic heterocycles. The fourth-order valence-electron chi connectivity index (χ4n) is 2.74. The van der Waals surface area contributed by atoms with Gasteiger partial charge in [-0.25, -0.2) is 0 Å². The number of piperazine rings is 1. The summed E-state index contributed by atoms with van der Waals surface area (Å²) in [6.45, 7) is 6.07. The van der Waals surface area contributed by atoms with Gasteiger partial charge in [0.2, 0.25) is 5.89 Å². The molecular weight excluding hydrogens is 328 g/mol. The van der Waals surface area contributed by atoms with Crippen molar-refractivity contribution in [1.29, 1.82) is 0 Å². The van der Waals surface area contributed by atoms with Crippen LogP contribution in [0, 0.1) is 0 Å². The summed E-state index contributed by atoms with van der Waals surface area (Å²) in [7, 11) is 0. The number of thiophene rings is 2. The van der Waals surface area contributed by atoms with Crippen molar-refractivity contribution in [3.8, 4) is 10.8 Å². The van der Waals surface area contributed by atoms with E-state index >= 15 is 0 Å². The quantitative estimate of drug-likeness (QED) is 0.710. The second-order valence-corrected chi connectivity index (χ2v) is 7.59. The van der Waals surface area contributed by atoms with E-state index in [1.807, 2.05) is 28.8 Å². The van der Waals surface area contributed by atoms with Crippen molar-refractivity contribution in [2.24, 2.45) is 0 Å². The van der Waals surface area contributed by atoms with E-state index in [9.17, 15) is 0 Å². The Morgan fingerprint density at radius 2 is 1.65 bits per heavy atom. The van der Waals surface area contributed by atoms with Gasteiger partial charge in [0.25, 0.3) is 5.89 Å². The van der Waals surface area contributed by atoms with Crippen LogP contribution in [0.1, 0.15) is 10.8 Å². The van der Waals surface area contributed by atoms with Crippen molar-refractivity contribution in [2.45, 2.75) is 13.1 Å². The Hall–Kier alpha value is -1.54. The molecule has 0 atom stereocenters. The van der Waals surface area contributed by atoms with Gasteiger partial charge in [-0.1, -0.05) is 12.1 Å². The van der Waals surface area contributed by atoms with Crippen molar-refractivity contribution in [2.75, 3.05) is 26.2 Å². The average Bonchev–Trinajstić information content (AvgIpc) is 3.31. The van der Waals surface area contributed by atoms with Gasteiger partial charge in [0.1, 0.15) is 0 Å². The first-order chi connectivity index (χ1) is 11.4. The lowest BCUT2D eigenvalue weighted by Gasteiger charge is -2.33. The van der Waals surface area contributed by atoms with E-state index in [2.05, 4.69) is 37.5 Å². The summed E-state index contributed by atoms with van der Waals surface area (Å²) in [4.78, 5) is 7.37. The highest BCUT2D eigenvalue weighted by Crippen LogP contribution is 2.23. The minimum atomic E-state index is 0.631. The molecule has 0 aromatic carbocycles. The second-order valence-electron chi connectivity index (χ2n) is 5.61. The average molecular weight is 346 g/mol. The summed E-state index contributed by atoms with van der Waals surface area (Å²) in [5.74, 6) is 1.34.